The van der Waals surface area contributed by atoms with E-state index in [9.17, 15) is 22.8 Å². The number of anilines is 1. The van der Waals surface area contributed by atoms with Crippen LogP contribution in [0.1, 0.15) is 18.4 Å². The maximum atomic E-state index is 12.5. The molecule has 1 aromatic carbocycles. The number of rotatable bonds is 2. The molecule has 1 aliphatic rings. The minimum atomic E-state index is -4.44. The van der Waals surface area contributed by atoms with E-state index in [-0.39, 0.29) is 11.7 Å². The van der Waals surface area contributed by atoms with Crippen LogP contribution in [0.5, 0.6) is 0 Å². The number of likely N-dealkylation sites (tertiary alicyclic amines) is 1. The van der Waals surface area contributed by atoms with Gasteiger partial charge in [0, 0.05) is 18.8 Å². The van der Waals surface area contributed by atoms with Gasteiger partial charge in [0.25, 0.3) is 0 Å². The molecule has 0 aromatic heterocycles. The molecule has 24 heavy (non-hydrogen) atoms. The summed E-state index contributed by atoms with van der Waals surface area (Å²) in [6.45, 7) is 1.70. The predicted molar refractivity (Wildman–Crippen MR) is 83.4 cm³/mol. The van der Waals surface area contributed by atoms with Crippen molar-refractivity contribution in [2.45, 2.75) is 25.1 Å². The number of halogens is 3. The molecule has 5 nitrogen and oxygen atoms in total. The van der Waals surface area contributed by atoms with Crippen LogP contribution in [0.4, 0.5) is 18.9 Å². The van der Waals surface area contributed by atoms with Gasteiger partial charge >= 0.3 is 18.0 Å². The van der Waals surface area contributed by atoms with Gasteiger partial charge in [-0.2, -0.15) is 13.2 Å². The molecule has 2 rings (SSSR count). The fourth-order valence-electron chi connectivity index (χ4n) is 2.64. The van der Waals surface area contributed by atoms with E-state index in [4.69, 9.17) is 0 Å². The van der Waals surface area contributed by atoms with Crippen molar-refractivity contribution in [2.24, 2.45) is 0 Å². The van der Waals surface area contributed by atoms with E-state index in [1.807, 2.05) is 7.05 Å². The Morgan fingerprint density at radius 3 is 2.21 bits per heavy atom. The molecular formula is C16H20F3N3O2. The molecule has 1 saturated heterocycles. The normalized spacial score (nSPS) is 16.7. The third-order valence-electron chi connectivity index (χ3n) is 4.22. The summed E-state index contributed by atoms with van der Waals surface area (Å²) in [5, 5.41) is 2.34. The minimum absolute atomic E-state index is 0.00736. The van der Waals surface area contributed by atoms with Gasteiger partial charge in [-0.25, -0.2) is 0 Å². The number of hydrogen-bond acceptors (Lipinski definition) is 3. The van der Waals surface area contributed by atoms with Crippen LogP contribution in [0, 0.1) is 0 Å². The first-order valence-electron chi connectivity index (χ1n) is 7.62. The van der Waals surface area contributed by atoms with Gasteiger partial charge in [-0.05, 0) is 57.2 Å². The second-order valence-corrected chi connectivity index (χ2v) is 5.98. The zero-order valence-electron chi connectivity index (χ0n) is 13.6. The summed E-state index contributed by atoms with van der Waals surface area (Å²) < 4.78 is 37.5. The van der Waals surface area contributed by atoms with Crippen molar-refractivity contribution in [3.63, 3.8) is 0 Å². The molecule has 0 unspecified atom stereocenters. The van der Waals surface area contributed by atoms with Gasteiger partial charge < -0.3 is 15.1 Å². The number of alkyl halides is 3. The smallest absolute Gasteiger partial charge is 0.334 e. The Bertz CT molecular complexity index is 594. The van der Waals surface area contributed by atoms with E-state index >= 15 is 0 Å². The highest BCUT2D eigenvalue weighted by Crippen LogP contribution is 2.29. The average molecular weight is 343 g/mol. The number of nitrogens with zero attached hydrogens (tertiary/aromatic N) is 2. The van der Waals surface area contributed by atoms with Gasteiger partial charge in [-0.3, -0.25) is 9.59 Å². The molecule has 1 aromatic rings. The summed E-state index contributed by atoms with van der Waals surface area (Å²) >= 11 is 0. The van der Waals surface area contributed by atoms with Crippen LogP contribution >= 0.6 is 0 Å². The second-order valence-electron chi connectivity index (χ2n) is 5.98. The maximum absolute atomic E-state index is 12.5. The SMILES string of the molecule is CN1CCC(N(C)C(=O)C(=O)Nc2ccc(C(F)(F)F)cc2)CC1. The van der Waals surface area contributed by atoms with Gasteiger partial charge in [0.15, 0.2) is 0 Å². The van der Waals surface area contributed by atoms with E-state index < -0.39 is 23.6 Å². The summed E-state index contributed by atoms with van der Waals surface area (Å²) in [7, 11) is 3.57. The highest BCUT2D eigenvalue weighted by molar-refractivity contribution is 6.39. The van der Waals surface area contributed by atoms with Crippen LogP contribution in [0.15, 0.2) is 24.3 Å². The van der Waals surface area contributed by atoms with Crippen LogP contribution in [0.3, 0.4) is 0 Å². The Hall–Kier alpha value is -2.09. The summed E-state index contributed by atoms with van der Waals surface area (Å²) in [5.74, 6) is -1.54. The lowest BCUT2D eigenvalue weighted by Crippen LogP contribution is -2.47. The molecule has 132 valence electrons. The maximum Gasteiger partial charge on any atom is 0.416 e. The number of carbonyl (C=O) groups is 2. The molecule has 1 fully saturated rings. The number of hydrogen-bond donors (Lipinski definition) is 1. The molecule has 1 aliphatic heterocycles. The fourth-order valence-corrected chi connectivity index (χ4v) is 2.64. The lowest BCUT2D eigenvalue weighted by Gasteiger charge is -2.34. The molecule has 0 saturated carbocycles. The Labute approximate surface area is 138 Å². The number of piperidine rings is 1. The first kappa shape index (κ1) is 18.3. The highest BCUT2D eigenvalue weighted by Gasteiger charge is 2.30. The first-order chi connectivity index (χ1) is 11.2. The van der Waals surface area contributed by atoms with Crippen molar-refractivity contribution >= 4 is 17.5 Å². The third kappa shape index (κ3) is 4.47. The zero-order chi connectivity index (χ0) is 17.9. The molecule has 1 heterocycles. The van der Waals surface area contributed by atoms with Crippen molar-refractivity contribution in [2.75, 3.05) is 32.5 Å². The second kappa shape index (κ2) is 7.21. The number of carbonyl (C=O) groups excluding carboxylic acids is 2. The van der Waals surface area contributed by atoms with Crippen molar-refractivity contribution in [3.8, 4) is 0 Å². The standard InChI is InChI=1S/C16H20F3N3O2/c1-21-9-7-13(8-10-21)22(2)15(24)14(23)20-12-5-3-11(4-6-12)16(17,18)19/h3-6,13H,7-10H2,1-2H3,(H,20,23). The van der Waals surface area contributed by atoms with Crippen LogP contribution in [-0.2, 0) is 15.8 Å². The van der Waals surface area contributed by atoms with E-state index in [2.05, 4.69) is 10.2 Å². The molecule has 0 spiro atoms. The number of nitrogens with one attached hydrogen (secondary N) is 1. The van der Waals surface area contributed by atoms with Gasteiger partial charge in [0.05, 0.1) is 5.56 Å². The molecule has 0 radical (unpaired) electrons. The molecule has 2 amide bonds. The minimum Gasteiger partial charge on any atom is -0.334 e. The van der Waals surface area contributed by atoms with Crippen LogP contribution < -0.4 is 5.32 Å². The first-order valence-corrected chi connectivity index (χ1v) is 7.62. The molecule has 0 atom stereocenters. The predicted octanol–water partition coefficient (Wildman–Crippen LogP) is 2.20. The molecular weight excluding hydrogens is 323 g/mol. The topological polar surface area (TPSA) is 52.7 Å². The number of benzene rings is 1. The largest absolute Gasteiger partial charge is 0.416 e. The summed E-state index contributed by atoms with van der Waals surface area (Å²) in [6, 6.07) is 3.97. The quantitative estimate of drug-likeness (QED) is 0.838. The van der Waals surface area contributed by atoms with E-state index in [0.717, 1.165) is 50.2 Å². The van der Waals surface area contributed by atoms with Gasteiger partial charge in [0.1, 0.15) is 0 Å². The summed E-state index contributed by atoms with van der Waals surface area (Å²) in [5.41, 5.74) is -0.659. The summed E-state index contributed by atoms with van der Waals surface area (Å²) in [6.07, 6.45) is -2.87. The Morgan fingerprint density at radius 2 is 1.71 bits per heavy atom. The molecule has 8 heteroatoms. The fraction of sp³-hybridized carbons (Fsp3) is 0.500. The van der Waals surface area contributed by atoms with E-state index in [0.29, 0.717) is 0 Å². The molecule has 0 aliphatic carbocycles. The lowest BCUT2D eigenvalue weighted by atomic mass is 10.0. The Morgan fingerprint density at radius 1 is 1.17 bits per heavy atom. The zero-order valence-corrected chi connectivity index (χ0v) is 13.6. The van der Waals surface area contributed by atoms with Crippen molar-refractivity contribution in [1.29, 1.82) is 0 Å². The lowest BCUT2D eigenvalue weighted by molar-refractivity contribution is -0.144. The number of likely N-dealkylation sites (N-methyl/N-ethyl adjacent to an activating group) is 1. The van der Waals surface area contributed by atoms with Gasteiger partial charge in [0.2, 0.25) is 0 Å². The van der Waals surface area contributed by atoms with Crippen LogP contribution in [-0.4, -0.2) is 54.8 Å². The molecule has 0 bridgehead atoms. The van der Waals surface area contributed by atoms with Crippen LogP contribution in [0.2, 0.25) is 0 Å². The average Bonchev–Trinajstić information content (AvgIpc) is 2.54. The van der Waals surface area contributed by atoms with E-state index in [1.165, 1.54) is 4.90 Å². The van der Waals surface area contributed by atoms with Gasteiger partial charge in [-0.15, -0.1) is 0 Å². The van der Waals surface area contributed by atoms with Crippen molar-refractivity contribution < 1.29 is 22.8 Å². The third-order valence-corrected chi connectivity index (χ3v) is 4.22. The highest BCUT2D eigenvalue weighted by atomic mass is 19.4. The van der Waals surface area contributed by atoms with E-state index in [1.54, 1.807) is 7.05 Å². The summed E-state index contributed by atoms with van der Waals surface area (Å²) in [4.78, 5) is 27.7. The Balaban J connectivity index is 1.95. The van der Waals surface area contributed by atoms with Crippen LogP contribution in [0.25, 0.3) is 0 Å². The number of amides is 2. The monoisotopic (exact) mass is 343 g/mol. The van der Waals surface area contributed by atoms with Crippen molar-refractivity contribution in [3.05, 3.63) is 29.8 Å². The Kier molecular flexibility index (Phi) is 5.48. The molecule has 1 N–H and O–H groups in total. The van der Waals surface area contributed by atoms with Crippen molar-refractivity contribution in [1.82, 2.24) is 9.80 Å². The van der Waals surface area contributed by atoms with Gasteiger partial charge in [-0.1, -0.05) is 0 Å².